The molecule has 0 aliphatic heterocycles. The Labute approximate surface area is 93.0 Å². The molecule has 1 saturated carbocycles. The molecule has 0 amide bonds. The first-order valence-electron chi connectivity index (χ1n) is 5.72. The van der Waals surface area contributed by atoms with E-state index in [0.717, 1.165) is 24.3 Å². The standard InChI is InChI=1S/C12H24N2O/c1-9(2)11(14-13)12(15-4)7-5-10(3)6-8-12/h10-11,14H,1,5-8,13H2,2-4H3. The molecule has 0 radical (unpaired) electrons. The lowest BCUT2D eigenvalue weighted by atomic mass is 9.74. The molecule has 1 atom stereocenters. The zero-order valence-corrected chi connectivity index (χ0v) is 10.2. The molecule has 15 heavy (non-hydrogen) atoms. The van der Waals surface area contributed by atoms with Gasteiger partial charge in [0.1, 0.15) is 0 Å². The second-order valence-electron chi connectivity index (χ2n) is 4.90. The Morgan fingerprint density at radius 3 is 2.40 bits per heavy atom. The van der Waals surface area contributed by atoms with Gasteiger partial charge in [-0.3, -0.25) is 11.3 Å². The Balaban J connectivity index is 2.79. The minimum atomic E-state index is -0.146. The number of hydrazine groups is 1. The summed E-state index contributed by atoms with van der Waals surface area (Å²) in [6, 6.07) is 0.0648. The summed E-state index contributed by atoms with van der Waals surface area (Å²) in [4.78, 5) is 0. The average Bonchev–Trinajstić information content (AvgIpc) is 2.22. The van der Waals surface area contributed by atoms with Crippen molar-refractivity contribution in [2.75, 3.05) is 7.11 Å². The van der Waals surface area contributed by atoms with Crippen LogP contribution in [-0.2, 0) is 4.74 Å². The highest BCUT2D eigenvalue weighted by Gasteiger charge is 2.41. The van der Waals surface area contributed by atoms with Crippen molar-refractivity contribution >= 4 is 0 Å². The van der Waals surface area contributed by atoms with Crippen LogP contribution >= 0.6 is 0 Å². The molecule has 3 nitrogen and oxygen atoms in total. The summed E-state index contributed by atoms with van der Waals surface area (Å²) in [5.74, 6) is 6.41. The van der Waals surface area contributed by atoms with Crippen LogP contribution in [0, 0.1) is 5.92 Å². The lowest BCUT2D eigenvalue weighted by Gasteiger charge is -2.44. The van der Waals surface area contributed by atoms with Crippen LogP contribution < -0.4 is 11.3 Å². The van der Waals surface area contributed by atoms with Gasteiger partial charge in [0.15, 0.2) is 0 Å². The van der Waals surface area contributed by atoms with Crippen molar-refractivity contribution in [2.45, 2.75) is 51.2 Å². The normalized spacial score (nSPS) is 33.7. The van der Waals surface area contributed by atoms with Crippen molar-refractivity contribution in [2.24, 2.45) is 11.8 Å². The third-order valence-electron chi connectivity index (χ3n) is 3.71. The van der Waals surface area contributed by atoms with Gasteiger partial charge < -0.3 is 4.74 Å². The lowest BCUT2D eigenvalue weighted by Crippen LogP contribution is -2.56. The van der Waals surface area contributed by atoms with E-state index in [-0.39, 0.29) is 11.6 Å². The van der Waals surface area contributed by atoms with Crippen LogP contribution in [0.2, 0.25) is 0 Å². The Hall–Kier alpha value is -0.380. The zero-order valence-electron chi connectivity index (χ0n) is 10.2. The van der Waals surface area contributed by atoms with Crippen LogP contribution in [0.3, 0.4) is 0 Å². The number of nitrogens with one attached hydrogen (secondary N) is 1. The molecule has 1 unspecified atom stereocenters. The second-order valence-corrected chi connectivity index (χ2v) is 4.90. The molecule has 0 aromatic rings. The maximum absolute atomic E-state index is 5.74. The summed E-state index contributed by atoms with van der Waals surface area (Å²) in [7, 11) is 1.78. The van der Waals surface area contributed by atoms with Gasteiger partial charge in [-0.05, 0) is 38.5 Å². The Morgan fingerprint density at radius 2 is 2.07 bits per heavy atom. The molecule has 88 valence electrons. The summed E-state index contributed by atoms with van der Waals surface area (Å²) in [5, 5.41) is 0. The largest absolute Gasteiger partial charge is 0.376 e. The summed E-state index contributed by atoms with van der Waals surface area (Å²) >= 11 is 0. The number of hydrogen-bond acceptors (Lipinski definition) is 3. The van der Waals surface area contributed by atoms with E-state index in [1.165, 1.54) is 12.8 Å². The number of hydrogen-bond donors (Lipinski definition) is 2. The van der Waals surface area contributed by atoms with Gasteiger partial charge in [0, 0.05) is 7.11 Å². The molecule has 1 aliphatic rings. The Morgan fingerprint density at radius 1 is 1.53 bits per heavy atom. The van der Waals surface area contributed by atoms with E-state index in [0.29, 0.717) is 0 Å². The highest BCUT2D eigenvalue weighted by Crippen LogP contribution is 2.38. The maximum atomic E-state index is 5.74. The molecule has 0 heterocycles. The van der Waals surface area contributed by atoms with Crippen LogP contribution in [0.4, 0.5) is 0 Å². The van der Waals surface area contributed by atoms with Crippen molar-refractivity contribution in [3.63, 3.8) is 0 Å². The fourth-order valence-corrected chi connectivity index (χ4v) is 2.60. The van der Waals surface area contributed by atoms with E-state index < -0.39 is 0 Å². The molecule has 0 spiro atoms. The summed E-state index contributed by atoms with van der Waals surface area (Å²) in [6.45, 7) is 8.29. The molecule has 0 aromatic carbocycles. The summed E-state index contributed by atoms with van der Waals surface area (Å²) in [6.07, 6.45) is 4.54. The first-order valence-corrected chi connectivity index (χ1v) is 5.72. The van der Waals surface area contributed by atoms with E-state index in [4.69, 9.17) is 10.6 Å². The third-order valence-corrected chi connectivity index (χ3v) is 3.71. The topological polar surface area (TPSA) is 47.3 Å². The minimum Gasteiger partial charge on any atom is -0.376 e. The molecule has 1 fully saturated rings. The van der Waals surface area contributed by atoms with Crippen LogP contribution in [0.1, 0.15) is 39.5 Å². The molecule has 0 saturated heterocycles. The van der Waals surface area contributed by atoms with Gasteiger partial charge in [0.25, 0.3) is 0 Å². The van der Waals surface area contributed by atoms with Gasteiger partial charge in [0.05, 0.1) is 11.6 Å². The van der Waals surface area contributed by atoms with Crippen molar-refractivity contribution in [3.8, 4) is 0 Å². The predicted octanol–water partition coefficient (Wildman–Crippen LogP) is 1.99. The number of rotatable bonds is 4. The van der Waals surface area contributed by atoms with Crippen LogP contribution in [0.25, 0.3) is 0 Å². The second kappa shape index (κ2) is 5.10. The predicted molar refractivity (Wildman–Crippen MR) is 63.3 cm³/mol. The Bertz CT molecular complexity index is 220. The lowest BCUT2D eigenvalue weighted by molar-refractivity contribution is -0.0661. The molecular weight excluding hydrogens is 188 g/mol. The van der Waals surface area contributed by atoms with Gasteiger partial charge in [-0.2, -0.15) is 0 Å². The molecule has 3 N–H and O–H groups in total. The fraction of sp³-hybridized carbons (Fsp3) is 0.833. The summed E-state index contributed by atoms with van der Waals surface area (Å²) in [5.41, 5.74) is 3.76. The molecule has 1 aliphatic carbocycles. The van der Waals surface area contributed by atoms with Gasteiger partial charge in [-0.1, -0.05) is 19.1 Å². The molecular formula is C12H24N2O. The number of ether oxygens (including phenoxy) is 1. The first kappa shape index (κ1) is 12.7. The van der Waals surface area contributed by atoms with E-state index in [1.807, 2.05) is 6.92 Å². The molecule has 1 rings (SSSR count). The molecule has 3 heteroatoms. The molecule has 0 bridgehead atoms. The van der Waals surface area contributed by atoms with Crippen LogP contribution in [0.5, 0.6) is 0 Å². The van der Waals surface area contributed by atoms with Gasteiger partial charge in [-0.25, -0.2) is 0 Å². The number of nitrogens with two attached hydrogens (primary N) is 1. The van der Waals surface area contributed by atoms with Crippen molar-refractivity contribution in [3.05, 3.63) is 12.2 Å². The first-order chi connectivity index (χ1) is 7.05. The average molecular weight is 212 g/mol. The van der Waals surface area contributed by atoms with E-state index in [1.54, 1.807) is 7.11 Å². The van der Waals surface area contributed by atoms with Gasteiger partial charge in [-0.15, -0.1) is 0 Å². The molecule has 0 aromatic heterocycles. The quantitative estimate of drug-likeness (QED) is 0.425. The van der Waals surface area contributed by atoms with E-state index in [2.05, 4.69) is 18.9 Å². The van der Waals surface area contributed by atoms with Crippen LogP contribution in [-0.4, -0.2) is 18.8 Å². The van der Waals surface area contributed by atoms with E-state index >= 15 is 0 Å². The van der Waals surface area contributed by atoms with Gasteiger partial charge >= 0.3 is 0 Å². The Kier molecular flexibility index (Phi) is 4.32. The monoisotopic (exact) mass is 212 g/mol. The third kappa shape index (κ3) is 2.60. The van der Waals surface area contributed by atoms with Gasteiger partial charge in [0.2, 0.25) is 0 Å². The highest BCUT2D eigenvalue weighted by atomic mass is 16.5. The summed E-state index contributed by atoms with van der Waals surface area (Å²) < 4.78 is 5.74. The van der Waals surface area contributed by atoms with Crippen molar-refractivity contribution in [1.29, 1.82) is 0 Å². The van der Waals surface area contributed by atoms with Crippen molar-refractivity contribution < 1.29 is 4.74 Å². The fourth-order valence-electron chi connectivity index (χ4n) is 2.60. The zero-order chi connectivity index (χ0) is 11.5. The van der Waals surface area contributed by atoms with E-state index in [9.17, 15) is 0 Å². The highest BCUT2D eigenvalue weighted by molar-refractivity contribution is 5.12. The van der Waals surface area contributed by atoms with Crippen molar-refractivity contribution in [1.82, 2.24) is 5.43 Å². The minimum absolute atomic E-state index is 0.0648. The van der Waals surface area contributed by atoms with Crippen LogP contribution in [0.15, 0.2) is 12.2 Å². The SMILES string of the molecule is C=C(C)C(NN)C1(OC)CCC(C)CC1. The smallest absolute Gasteiger partial charge is 0.0882 e. The number of methoxy groups -OCH3 is 1. The maximum Gasteiger partial charge on any atom is 0.0882 e.